The summed E-state index contributed by atoms with van der Waals surface area (Å²) in [5.74, 6) is 1.14. The second-order valence-electron chi connectivity index (χ2n) is 5.40. The average Bonchev–Trinajstić information content (AvgIpc) is 2.57. The van der Waals surface area contributed by atoms with E-state index in [2.05, 4.69) is 39.2 Å². The van der Waals surface area contributed by atoms with E-state index in [1.54, 1.807) is 18.3 Å². The van der Waals surface area contributed by atoms with E-state index in [9.17, 15) is 4.39 Å². The molecule has 0 bridgehead atoms. The average molecular weight is 317 g/mol. The Morgan fingerprint density at radius 2 is 1.87 bits per heavy atom. The lowest BCUT2D eigenvalue weighted by Crippen LogP contribution is -2.27. The zero-order valence-electron chi connectivity index (χ0n) is 13.8. The lowest BCUT2D eigenvalue weighted by Gasteiger charge is -2.21. The van der Waals surface area contributed by atoms with Crippen molar-refractivity contribution < 1.29 is 4.39 Å². The van der Waals surface area contributed by atoms with Crippen molar-refractivity contribution >= 4 is 11.8 Å². The van der Waals surface area contributed by atoms with Crippen molar-refractivity contribution in [1.29, 1.82) is 0 Å². The fourth-order valence-electron chi connectivity index (χ4n) is 2.39. The SMILES string of the molecule is CCCN(CCC)c1nncc(NCCc2ccccc2F)n1. The predicted molar refractivity (Wildman–Crippen MR) is 91.2 cm³/mol. The fraction of sp³-hybridized carbons (Fsp3) is 0.471. The van der Waals surface area contributed by atoms with Crippen molar-refractivity contribution in [3.05, 3.63) is 41.8 Å². The zero-order chi connectivity index (χ0) is 16.5. The minimum atomic E-state index is -0.173. The first-order valence-electron chi connectivity index (χ1n) is 8.16. The van der Waals surface area contributed by atoms with Crippen LogP contribution in [0.3, 0.4) is 0 Å². The second-order valence-corrected chi connectivity index (χ2v) is 5.40. The van der Waals surface area contributed by atoms with E-state index in [0.29, 0.717) is 30.3 Å². The molecule has 0 unspecified atom stereocenters. The standard InChI is InChI=1S/C17H24FN5/c1-3-11-23(12-4-2)17-21-16(13-20-22-17)19-10-9-14-7-5-6-8-15(14)18/h5-8,13H,3-4,9-12H2,1-2H3,(H,19,21,22). The topological polar surface area (TPSA) is 53.9 Å². The van der Waals surface area contributed by atoms with Crippen LogP contribution in [0.4, 0.5) is 16.2 Å². The third-order valence-corrected chi connectivity index (χ3v) is 3.48. The maximum atomic E-state index is 13.6. The van der Waals surface area contributed by atoms with Gasteiger partial charge in [-0.3, -0.25) is 0 Å². The molecule has 0 aliphatic rings. The van der Waals surface area contributed by atoms with Crippen molar-refractivity contribution in [3.63, 3.8) is 0 Å². The highest BCUT2D eigenvalue weighted by Gasteiger charge is 2.09. The van der Waals surface area contributed by atoms with Crippen molar-refractivity contribution in [2.75, 3.05) is 29.9 Å². The van der Waals surface area contributed by atoms with Crippen molar-refractivity contribution in [3.8, 4) is 0 Å². The number of nitrogens with one attached hydrogen (secondary N) is 1. The third kappa shape index (κ3) is 5.16. The van der Waals surface area contributed by atoms with Crippen LogP contribution in [0.5, 0.6) is 0 Å². The van der Waals surface area contributed by atoms with Crippen LogP contribution >= 0.6 is 0 Å². The Morgan fingerprint density at radius 3 is 2.57 bits per heavy atom. The molecule has 0 fully saturated rings. The van der Waals surface area contributed by atoms with Crippen molar-refractivity contribution in [2.24, 2.45) is 0 Å². The van der Waals surface area contributed by atoms with Crippen LogP contribution in [0.1, 0.15) is 32.3 Å². The summed E-state index contributed by atoms with van der Waals surface area (Å²) in [5.41, 5.74) is 0.695. The highest BCUT2D eigenvalue weighted by atomic mass is 19.1. The number of halogens is 1. The van der Waals surface area contributed by atoms with E-state index >= 15 is 0 Å². The highest BCUT2D eigenvalue weighted by Crippen LogP contribution is 2.11. The van der Waals surface area contributed by atoms with Crippen LogP contribution in [-0.2, 0) is 6.42 Å². The Balaban J connectivity index is 1.95. The van der Waals surface area contributed by atoms with Gasteiger partial charge < -0.3 is 10.2 Å². The van der Waals surface area contributed by atoms with E-state index in [4.69, 9.17) is 0 Å². The molecule has 1 heterocycles. The van der Waals surface area contributed by atoms with Gasteiger partial charge in [0.2, 0.25) is 5.95 Å². The van der Waals surface area contributed by atoms with Crippen LogP contribution in [-0.4, -0.2) is 34.8 Å². The van der Waals surface area contributed by atoms with E-state index in [1.165, 1.54) is 6.07 Å². The van der Waals surface area contributed by atoms with Gasteiger partial charge in [0.15, 0.2) is 5.82 Å². The second kappa shape index (κ2) is 9.02. The number of nitrogens with zero attached hydrogens (tertiary/aromatic N) is 4. The molecule has 1 N–H and O–H groups in total. The van der Waals surface area contributed by atoms with Gasteiger partial charge in [0.05, 0.1) is 6.20 Å². The first kappa shape index (κ1) is 17.1. The lowest BCUT2D eigenvalue weighted by molar-refractivity contribution is 0.610. The first-order valence-corrected chi connectivity index (χ1v) is 8.16. The number of hydrogen-bond donors (Lipinski definition) is 1. The fourth-order valence-corrected chi connectivity index (χ4v) is 2.39. The molecule has 2 rings (SSSR count). The van der Waals surface area contributed by atoms with Gasteiger partial charge >= 0.3 is 0 Å². The molecule has 0 amide bonds. The van der Waals surface area contributed by atoms with Crippen molar-refractivity contribution in [2.45, 2.75) is 33.1 Å². The number of rotatable bonds is 9. The molecular formula is C17H24FN5. The molecule has 0 aliphatic carbocycles. The summed E-state index contributed by atoms with van der Waals surface area (Å²) >= 11 is 0. The van der Waals surface area contributed by atoms with Gasteiger partial charge in [-0.05, 0) is 30.9 Å². The van der Waals surface area contributed by atoms with Crippen LogP contribution in [0.15, 0.2) is 30.5 Å². The van der Waals surface area contributed by atoms with E-state index in [1.807, 2.05) is 6.07 Å². The summed E-state index contributed by atoms with van der Waals surface area (Å²) in [5, 5.41) is 11.3. The molecule has 0 aliphatic heterocycles. The summed E-state index contributed by atoms with van der Waals surface area (Å²) in [4.78, 5) is 6.65. The molecule has 23 heavy (non-hydrogen) atoms. The summed E-state index contributed by atoms with van der Waals surface area (Å²) in [7, 11) is 0. The van der Waals surface area contributed by atoms with E-state index in [-0.39, 0.29) is 5.82 Å². The minimum Gasteiger partial charge on any atom is -0.368 e. The van der Waals surface area contributed by atoms with Gasteiger partial charge in [-0.1, -0.05) is 32.0 Å². The van der Waals surface area contributed by atoms with Gasteiger partial charge in [0, 0.05) is 19.6 Å². The van der Waals surface area contributed by atoms with Crippen LogP contribution in [0.2, 0.25) is 0 Å². The Labute approximate surface area is 137 Å². The maximum Gasteiger partial charge on any atom is 0.247 e. The molecule has 5 nitrogen and oxygen atoms in total. The van der Waals surface area contributed by atoms with Gasteiger partial charge in [-0.2, -0.15) is 10.1 Å². The molecule has 0 saturated carbocycles. The summed E-state index contributed by atoms with van der Waals surface area (Å²) < 4.78 is 13.6. The molecule has 0 atom stereocenters. The third-order valence-electron chi connectivity index (χ3n) is 3.48. The smallest absolute Gasteiger partial charge is 0.247 e. The largest absolute Gasteiger partial charge is 0.368 e. The van der Waals surface area contributed by atoms with Gasteiger partial charge in [0.25, 0.3) is 0 Å². The molecule has 6 heteroatoms. The van der Waals surface area contributed by atoms with Crippen LogP contribution in [0, 0.1) is 5.82 Å². The van der Waals surface area contributed by atoms with Gasteiger partial charge in [-0.15, -0.1) is 5.10 Å². The quantitative estimate of drug-likeness (QED) is 0.769. The Bertz CT molecular complexity index is 599. The Kier molecular flexibility index (Phi) is 6.72. The van der Waals surface area contributed by atoms with Crippen LogP contribution < -0.4 is 10.2 Å². The molecular weight excluding hydrogens is 293 g/mol. The molecule has 2 aromatic rings. The molecule has 1 aromatic carbocycles. The Morgan fingerprint density at radius 1 is 1.13 bits per heavy atom. The molecule has 124 valence electrons. The van der Waals surface area contributed by atoms with Crippen LogP contribution in [0.25, 0.3) is 0 Å². The van der Waals surface area contributed by atoms with Crippen molar-refractivity contribution in [1.82, 2.24) is 15.2 Å². The van der Waals surface area contributed by atoms with E-state index < -0.39 is 0 Å². The molecule has 0 saturated heterocycles. The molecule has 0 radical (unpaired) electrons. The summed E-state index contributed by atoms with van der Waals surface area (Å²) in [6, 6.07) is 6.82. The normalized spacial score (nSPS) is 10.6. The summed E-state index contributed by atoms with van der Waals surface area (Å²) in [6.07, 6.45) is 4.27. The highest BCUT2D eigenvalue weighted by molar-refractivity contribution is 5.39. The number of aromatic nitrogens is 3. The first-order chi connectivity index (χ1) is 11.2. The predicted octanol–water partition coefficient (Wildman–Crippen LogP) is 3.29. The van der Waals surface area contributed by atoms with E-state index in [0.717, 1.165) is 25.9 Å². The van der Waals surface area contributed by atoms with Gasteiger partial charge in [0.1, 0.15) is 5.82 Å². The lowest BCUT2D eigenvalue weighted by atomic mass is 10.1. The number of benzene rings is 1. The Hall–Kier alpha value is -2.24. The van der Waals surface area contributed by atoms with Gasteiger partial charge in [-0.25, -0.2) is 4.39 Å². The minimum absolute atomic E-state index is 0.173. The zero-order valence-corrected chi connectivity index (χ0v) is 13.8. The number of hydrogen-bond acceptors (Lipinski definition) is 5. The molecule has 0 spiro atoms. The monoisotopic (exact) mass is 317 g/mol. The molecule has 1 aromatic heterocycles. The maximum absolute atomic E-state index is 13.6. The summed E-state index contributed by atoms with van der Waals surface area (Å²) in [6.45, 7) is 6.68. The number of anilines is 2.